The highest BCUT2D eigenvalue weighted by atomic mass is 35.5. The molecule has 0 amide bonds. The smallest absolute Gasteiger partial charge is 0.321 e. The van der Waals surface area contributed by atoms with Crippen LogP contribution in [0.15, 0.2) is 0 Å². The monoisotopic (exact) mass is 186 g/mol. The van der Waals surface area contributed by atoms with Gasteiger partial charge in [-0.3, -0.25) is 4.79 Å². The number of hydrogen-bond acceptors (Lipinski definition) is 1. The molecule has 1 atom stereocenters. The number of aliphatic carboxylic acids is 1. The molecule has 4 heteroatoms. The average Bonchev–Trinajstić information content (AvgIpc) is 1.82. The molecule has 0 saturated carbocycles. The van der Waals surface area contributed by atoms with Crippen LogP contribution in [0.5, 0.6) is 0 Å². The van der Waals surface area contributed by atoms with Crippen LogP contribution in [0.2, 0.25) is 0 Å². The predicted molar refractivity (Wildman–Crippen MR) is 44.0 cm³/mol. The van der Waals surface area contributed by atoms with E-state index in [1.54, 1.807) is 0 Å². The van der Waals surface area contributed by atoms with Gasteiger partial charge in [0, 0.05) is 0 Å². The first-order chi connectivity index (χ1) is 4.18. The van der Waals surface area contributed by atoms with Gasteiger partial charge in [-0.05, 0) is 6.42 Å². The van der Waals surface area contributed by atoms with Crippen LogP contribution in [0.25, 0.3) is 0 Å². The fourth-order valence-electron chi connectivity index (χ4n) is 0.507. The third-order valence-electron chi connectivity index (χ3n) is 1.08. The van der Waals surface area contributed by atoms with E-state index in [4.69, 9.17) is 16.7 Å². The van der Waals surface area contributed by atoms with Crippen molar-refractivity contribution >= 4 is 30.0 Å². The Morgan fingerprint density at radius 1 is 1.70 bits per heavy atom. The fraction of sp³-hybridized carbons (Fsp3) is 0.833. The molecule has 0 aliphatic heterocycles. The van der Waals surface area contributed by atoms with Crippen molar-refractivity contribution in [3.05, 3.63) is 0 Å². The van der Waals surface area contributed by atoms with Crippen LogP contribution in [0.1, 0.15) is 26.2 Å². The van der Waals surface area contributed by atoms with Gasteiger partial charge in [0.2, 0.25) is 0 Å². The van der Waals surface area contributed by atoms with Crippen molar-refractivity contribution in [2.75, 3.05) is 0 Å². The number of halogens is 2. The molecule has 0 aromatic rings. The minimum absolute atomic E-state index is 0. The summed E-state index contributed by atoms with van der Waals surface area (Å²) in [5.41, 5.74) is 0. The summed E-state index contributed by atoms with van der Waals surface area (Å²) in [6, 6.07) is 0. The number of hydrogen-bond donors (Lipinski definition) is 1. The van der Waals surface area contributed by atoms with E-state index in [2.05, 4.69) is 0 Å². The molecular formula is C6H12Cl2O2. The minimum atomic E-state index is -0.912. The lowest BCUT2D eigenvalue weighted by Crippen LogP contribution is -2.12. The first-order valence-electron chi connectivity index (χ1n) is 3.05. The van der Waals surface area contributed by atoms with Gasteiger partial charge in [0.1, 0.15) is 5.38 Å². The second-order valence-electron chi connectivity index (χ2n) is 1.95. The first-order valence-corrected chi connectivity index (χ1v) is 3.49. The van der Waals surface area contributed by atoms with Crippen molar-refractivity contribution in [3.63, 3.8) is 0 Å². The summed E-state index contributed by atoms with van der Waals surface area (Å²) in [6.07, 6.45) is 2.46. The topological polar surface area (TPSA) is 37.3 Å². The van der Waals surface area contributed by atoms with Gasteiger partial charge < -0.3 is 5.11 Å². The van der Waals surface area contributed by atoms with Crippen LogP contribution in [0.4, 0.5) is 0 Å². The van der Waals surface area contributed by atoms with Gasteiger partial charge in [-0.15, -0.1) is 24.0 Å². The molecular weight excluding hydrogens is 175 g/mol. The fourth-order valence-corrected chi connectivity index (χ4v) is 0.661. The molecule has 0 rings (SSSR count). The second-order valence-corrected chi connectivity index (χ2v) is 2.47. The van der Waals surface area contributed by atoms with E-state index >= 15 is 0 Å². The largest absolute Gasteiger partial charge is 0.480 e. The Kier molecular flexibility index (Phi) is 9.10. The molecule has 0 radical (unpaired) electrons. The molecule has 10 heavy (non-hydrogen) atoms. The highest BCUT2D eigenvalue weighted by Gasteiger charge is 2.11. The van der Waals surface area contributed by atoms with Gasteiger partial charge >= 0.3 is 5.97 Å². The highest BCUT2D eigenvalue weighted by Crippen LogP contribution is 2.06. The third-order valence-corrected chi connectivity index (χ3v) is 1.48. The second kappa shape index (κ2) is 7.16. The normalized spacial score (nSPS) is 11.8. The van der Waals surface area contributed by atoms with E-state index in [-0.39, 0.29) is 12.4 Å². The molecule has 0 aliphatic carbocycles. The number of rotatable bonds is 4. The molecule has 0 fully saturated rings. The van der Waals surface area contributed by atoms with Crippen LogP contribution in [-0.4, -0.2) is 16.5 Å². The Bertz CT molecular complexity index is 95.7. The maximum atomic E-state index is 10.1. The zero-order valence-electron chi connectivity index (χ0n) is 5.84. The highest BCUT2D eigenvalue weighted by molar-refractivity contribution is 6.29. The number of carboxylic acid groups (broad SMARTS) is 1. The molecule has 0 aromatic heterocycles. The van der Waals surface area contributed by atoms with E-state index in [0.29, 0.717) is 6.42 Å². The summed E-state index contributed by atoms with van der Waals surface area (Å²) in [5.74, 6) is -0.912. The molecule has 62 valence electrons. The molecule has 0 spiro atoms. The van der Waals surface area contributed by atoms with Crippen LogP contribution in [0.3, 0.4) is 0 Å². The molecule has 0 heterocycles. The average molecular weight is 187 g/mol. The van der Waals surface area contributed by atoms with Gasteiger partial charge in [0.25, 0.3) is 0 Å². The van der Waals surface area contributed by atoms with Crippen molar-refractivity contribution in [1.82, 2.24) is 0 Å². The summed E-state index contributed by atoms with van der Waals surface area (Å²) in [6.45, 7) is 2.01. The van der Waals surface area contributed by atoms with E-state index in [0.717, 1.165) is 12.8 Å². The molecule has 2 nitrogen and oxygen atoms in total. The Labute approximate surface area is 72.0 Å². The molecule has 0 bridgehead atoms. The first kappa shape index (κ1) is 12.7. The molecule has 0 saturated heterocycles. The molecule has 1 unspecified atom stereocenters. The van der Waals surface area contributed by atoms with E-state index < -0.39 is 11.3 Å². The van der Waals surface area contributed by atoms with Gasteiger partial charge in [-0.2, -0.15) is 0 Å². The number of alkyl halides is 1. The van der Waals surface area contributed by atoms with Gasteiger partial charge in [0.15, 0.2) is 0 Å². The Morgan fingerprint density at radius 3 is 2.50 bits per heavy atom. The standard InChI is InChI=1S/C6H11ClO2.ClH/c1-2-3-4-5(7)6(8)9;/h5H,2-4H2,1H3,(H,8,9);1H. The summed E-state index contributed by atoms with van der Waals surface area (Å²) < 4.78 is 0. The number of carbonyl (C=O) groups is 1. The Balaban J connectivity index is 0. The van der Waals surface area contributed by atoms with Crippen LogP contribution in [0, 0.1) is 0 Å². The molecule has 0 aromatic carbocycles. The molecule has 1 N–H and O–H groups in total. The zero-order valence-corrected chi connectivity index (χ0v) is 7.41. The maximum absolute atomic E-state index is 10.1. The van der Waals surface area contributed by atoms with Crippen molar-refractivity contribution in [3.8, 4) is 0 Å². The van der Waals surface area contributed by atoms with E-state index in [1.807, 2.05) is 6.92 Å². The van der Waals surface area contributed by atoms with E-state index in [1.165, 1.54) is 0 Å². The van der Waals surface area contributed by atoms with Crippen LogP contribution >= 0.6 is 24.0 Å². The van der Waals surface area contributed by atoms with Crippen molar-refractivity contribution < 1.29 is 9.90 Å². The minimum Gasteiger partial charge on any atom is -0.480 e. The maximum Gasteiger partial charge on any atom is 0.321 e. The summed E-state index contributed by atoms with van der Waals surface area (Å²) >= 11 is 5.39. The molecule has 0 aliphatic rings. The lowest BCUT2D eigenvalue weighted by atomic mass is 10.2. The Hall–Kier alpha value is 0.0500. The number of unbranched alkanes of at least 4 members (excludes halogenated alkanes) is 1. The quantitative estimate of drug-likeness (QED) is 0.685. The van der Waals surface area contributed by atoms with Gasteiger partial charge in [0.05, 0.1) is 0 Å². The Morgan fingerprint density at radius 2 is 2.20 bits per heavy atom. The van der Waals surface area contributed by atoms with E-state index in [9.17, 15) is 4.79 Å². The lowest BCUT2D eigenvalue weighted by molar-refractivity contribution is -0.136. The van der Waals surface area contributed by atoms with Crippen LogP contribution < -0.4 is 0 Å². The van der Waals surface area contributed by atoms with Gasteiger partial charge in [-0.1, -0.05) is 19.8 Å². The van der Waals surface area contributed by atoms with Gasteiger partial charge in [-0.25, -0.2) is 0 Å². The summed E-state index contributed by atoms with van der Waals surface area (Å²) in [5, 5.41) is 7.59. The van der Waals surface area contributed by atoms with Crippen molar-refractivity contribution in [2.24, 2.45) is 0 Å². The summed E-state index contributed by atoms with van der Waals surface area (Å²) in [4.78, 5) is 10.1. The predicted octanol–water partition coefficient (Wildman–Crippen LogP) is 2.29. The summed E-state index contributed by atoms with van der Waals surface area (Å²) in [7, 11) is 0. The van der Waals surface area contributed by atoms with Crippen LogP contribution in [-0.2, 0) is 4.79 Å². The lowest BCUT2D eigenvalue weighted by Gasteiger charge is -1.99. The SMILES string of the molecule is CCCCC(Cl)C(=O)O.Cl. The zero-order chi connectivity index (χ0) is 7.28. The van der Waals surface area contributed by atoms with Crippen molar-refractivity contribution in [1.29, 1.82) is 0 Å². The third kappa shape index (κ3) is 6.17. The number of carboxylic acids is 1. The van der Waals surface area contributed by atoms with Crippen molar-refractivity contribution in [2.45, 2.75) is 31.6 Å².